The number of nitrogens with one attached hydrogen (secondary N) is 2. The standard InChI is InChI=1S/C29H37FN4O6S/c1-17-18(2)26(19(3)21-16-29(4,5)40-25(17)21)41(37,38)34-28(31)32-15-9-12-23(27(36)39-6)33-24(35)14-13-20-10-7-8-11-22(20)30/h7-8,10-11,13-14,23H,9,12,15-16H2,1-6H3,(H,33,35)(H3,31,32,34)/t23-/m0/s1. The molecule has 0 aliphatic carbocycles. The van der Waals surface area contributed by atoms with E-state index in [1.807, 2.05) is 20.8 Å². The zero-order valence-electron chi connectivity index (χ0n) is 24.1. The zero-order valence-corrected chi connectivity index (χ0v) is 24.9. The van der Waals surface area contributed by atoms with E-state index in [1.54, 1.807) is 19.9 Å². The van der Waals surface area contributed by atoms with E-state index in [0.717, 1.165) is 23.0 Å². The normalized spacial score (nSPS) is 15.2. The van der Waals surface area contributed by atoms with E-state index >= 15 is 0 Å². The second kappa shape index (κ2) is 12.7. The van der Waals surface area contributed by atoms with Crippen LogP contribution in [0.25, 0.3) is 6.08 Å². The van der Waals surface area contributed by atoms with Gasteiger partial charge in [-0.05, 0) is 76.3 Å². The van der Waals surface area contributed by atoms with Crippen LogP contribution in [0, 0.1) is 26.6 Å². The fraction of sp³-hybridized carbons (Fsp3) is 0.414. The zero-order chi connectivity index (χ0) is 30.5. The monoisotopic (exact) mass is 588 g/mol. The van der Waals surface area contributed by atoms with E-state index < -0.39 is 39.4 Å². The molecule has 3 rings (SSSR count). The third-order valence-corrected chi connectivity index (χ3v) is 8.48. The predicted molar refractivity (Wildman–Crippen MR) is 154 cm³/mol. The number of amides is 1. The van der Waals surface area contributed by atoms with Gasteiger partial charge in [-0.1, -0.05) is 18.2 Å². The number of carbonyl (C=O) groups is 2. The first-order valence-corrected chi connectivity index (χ1v) is 14.6. The minimum Gasteiger partial charge on any atom is -0.487 e. The molecule has 10 nitrogen and oxygen atoms in total. The molecule has 1 heterocycles. The number of fused-ring (bicyclic) bond motifs is 1. The summed E-state index contributed by atoms with van der Waals surface area (Å²) < 4.78 is 53.6. The van der Waals surface area contributed by atoms with Gasteiger partial charge in [-0.15, -0.1) is 0 Å². The summed E-state index contributed by atoms with van der Waals surface area (Å²) in [5.74, 6) is -1.34. The van der Waals surface area contributed by atoms with Crippen molar-refractivity contribution < 1.29 is 31.9 Å². The SMILES string of the molecule is COC(=O)[C@H](CCCN=C(N)NS(=O)(=O)c1c(C)c(C)c2c(c1C)CC(C)(C)O2)NC(=O)C=Cc1ccccc1F. The van der Waals surface area contributed by atoms with Gasteiger partial charge in [0.15, 0.2) is 0 Å². The Morgan fingerprint density at radius 2 is 1.88 bits per heavy atom. The van der Waals surface area contributed by atoms with Crippen molar-refractivity contribution in [1.29, 1.82) is 0 Å². The minimum atomic E-state index is -4.05. The number of aliphatic imine (C=N–C) groups is 1. The lowest BCUT2D eigenvalue weighted by Gasteiger charge is -2.19. The van der Waals surface area contributed by atoms with Gasteiger partial charge in [0.05, 0.1) is 12.0 Å². The van der Waals surface area contributed by atoms with Crippen molar-refractivity contribution in [3.05, 3.63) is 64.0 Å². The number of guanidine groups is 1. The molecular weight excluding hydrogens is 551 g/mol. The predicted octanol–water partition coefficient (Wildman–Crippen LogP) is 3.21. The van der Waals surface area contributed by atoms with E-state index in [9.17, 15) is 22.4 Å². The highest BCUT2D eigenvalue weighted by Gasteiger charge is 2.36. The largest absolute Gasteiger partial charge is 0.487 e. The maximum absolute atomic E-state index is 13.8. The van der Waals surface area contributed by atoms with Crippen LogP contribution in [0.15, 0.2) is 40.2 Å². The average Bonchev–Trinajstić information content (AvgIpc) is 3.23. The highest BCUT2D eigenvalue weighted by molar-refractivity contribution is 7.90. The molecule has 2 aromatic carbocycles. The maximum atomic E-state index is 13.8. The number of sulfonamides is 1. The minimum absolute atomic E-state index is 0.0754. The Morgan fingerprint density at radius 3 is 2.54 bits per heavy atom. The van der Waals surface area contributed by atoms with E-state index in [1.165, 1.54) is 31.4 Å². The summed E-state index contributed by atoms with van der Waals surface area (Å²) in [4.78, 5) is 28.7. The summed E-state index contributed by atoms with van der Waals surface area (Å²) in [6, 6.07) is 4.96. The Morgan fingerprint density at radius 1 is 1.20 bits per heavy atom. The van der Waals surface area contributed by atoms with Gasteiger partial charge in [0, 0.05) is 30.2 Å². The van der Waals surface area contributed by atoms with Crippen molar-refractivity contribution in [3.8, 4) is 5.75 Å². The summed E-state index contributed by atoms with van der Waals surface area (Å²) in [5, 5.41) is 2.52. The second-order valence-electron chi connectivity index (χ2n) is 10.5. The Kier molecular flexibility index (Phi) is 9.80. The molecular formula is C29H37FN4O6S. The molecule has 0 unspecified atom stereocenters. The van der Waals surface area contributed by atoms with Gasteiger partial charge in [-0.2, -0.15) is 0 Å². The van der Waals surface area contributed by atoms with Crippen molar-refractivity contribution in [2.24, 2.45) is 10.7 Å². The topological polar surface area (TPSA) is 149 Å². The maximum Gasteiger partial charge on any atom is 0.328 e. The van der Waals surface area contributed by atoms with Crippen molar-refractivity contribution in [2.45, 2.75) is 70.4 Å². The molecule has 12 heteroatoms. The van der Waals surface area contributed by atoms with Gasteiger partial charge in [-0.25, -0.2) is 22.3 Å². The number of rotatable bonds is 10. The Balaban J connectivity index is 1.63. The van der Waals surface area contributed by atoms with Gasteiger partial charge in [0.1, 0.15) is 23.2 Å². The van der Waals surface area contributed by atoms with Gasteiger partial charge in [0.25, 0.3) is 10.0 Å². The number of hydrogen-bond donors (Lipinski definition) is 3. The molecule has 41 heavy (non-hydrogen) atoms. The quantitative estimate of drug-likeness (QED) is 0.127. The lowest BCUT2D eigenvalue weighted by Crippen LogP contribution is -2.41. The second-order valence-corrected chi connectivity index (χ2v) is 12.1. The number of hydrogen-bond acceptors (Lipinski definition) is 7. The van der Waals surface area contributed by atoms with Crippen LogP contribution in [0.1, 0.15) is 54.5 Å². The molecule has 0 bridgehead atoms. The first-order chi connectivity index (χ1) is 19.2. The number of ether oxygens (including phenoxy) is 2. The van der Waals surface area contributed by atoms with Gasteiger partial charge in [0.2, 0.25) is 11.9 Å². The van der Waals surface area contributed by atoms with Crippen LogP contribution < -0.4 is 20.5 Å². The first kappa shape index (κ1) is 31.6. The summed E-state index contributed by atoms with van der Waals surface area (Å²) in [5.41, 5.74) is 8.49. The third kappa shape index (κ3) is 7.63. The average molecular weight is 589 g/mol. The molecule has 0 saturated heterocycles. The lowest BCUT2D eigenvalue weighted by atomic mass is 9.94. The van der Waals surface area contributed by atoms with E-state index in [0.29, 0.717) is 17.5 Å². The smallest absolute Gasteiger partial charge is 0.328 e. The lowest BCUT2D eigenvalue weighted by molar-refractivity contribution is -0.144. The van der Waals surface area contributed by atoms with E-state index in [4.69, 9.17) is 15.2 Å². The van der Waals surface area contributed by atoms with Crippen LogP contribution in [0.5, 0.6) is 5.75 Å². The van der Waals surface area contributed by atoms with Crippen LogP contribution in [-0.4, -0.2) is 51.6 Å². The van der Waals surface area contributed by atoms with Gasteiger partial charge >= 0.3 is 5.97 Å². The van der Waals surface area contributed by atoms with Gasteiger partial charge < -0.3 is 20.5 Å². The number of nitrogens with two attached hydrogens (primary N) is 1. The van der Waals surface area contributed by atoms with Crippen LogP contribution >= 0.6 is 0 Å². The van der Waals surface area contributed by atoms with Crippen LogP contribution in [0.3, 0.4) is 0 Å². The highest BCUT2D eigenvalue weighted by atomic mass is 32.2. The molecule has 0 radical (unpaired) electrons. The summed E-state index contributed by atoms with van der Waals surface area (Å²) >= 11 is 0. The fourth-order valence-corrected chi connectivity index (χ4v) is 6.27. The van der Waals surface area contributed by atoms with E-state index in [-0.39, 0.29) is 35.8 Å². The molecule has 2 aromatic rings. The number of nitrogens with zero attached hydrogens (tertiary/aromatic N) is 1. The third-order valence-electron chi connectivity index (χ3n) is 6.85. The number of benzene rings is 2. The number of halogens is 1. The van der Waals surface area contributed by atoms with Crippen LogP contribution in [-0.2, 0) is 30.8 Å². The fourth-order valence-electron chi connectivity index (χ4n) is 4.75. The molecule has 0 spiro atoms. The van der Waals surface area contributed by atoms with Crippen molar-refractivity contribution in [2.75, 3.05) is 13.7 Å². The molecule has 1 aliphatic rings. The summed E-state index contributed by atoms with van der Waals surface area (Å²) in [7, 11) is -2.85. The molecule has 0 fully saturated rings. The van der Waals surface area contributed by atoms with Crippen molar-refractivity contribution in [1.82, 2.24) is 10.0 Å². The summed E-state index contributed by atoms with van der Waals surface area (Å²) in [6.07, 6.45) is 3.43. The molecule has 1 atom stereocenters. The molecule has 1 amide bonds. The number of carbonyl (C=O) groups excluding carboxylic acids is 2. The van der Waals surface area contributed by atoms with Gasteiger partial charge in [-0.3, -0.25) is 9.79 Å². The molecule has 222 valence electrons. The van der Waals surface area contributed by atoms with Crippen LogP contribution in [0.2, 0.25) is 0 Å². The number of methoxy groups -OCH3 is 1. The Labute approximate surface area is 240 Å². The van der Waals surface area contributed by atoms with E-state index in [2.05, 4.69) is 15.0 Å². The molecule has 0 saturated carbocycles. The molecule has 0 aromatic heterocycles. The molecule has 1 aliphatic heterocycles. The molecule has 4 N–H and O–H groups in total. The summed E-state index contributed by atoms with van der Waals surface area (Å²) in [6.45, 7) is 9.30. The number of esters is 1. The Bertz CT molecular complexity index is 1500. The highest BCUT2D eigenvalue weighted by Crippen LogP contribution is 2.43. The van der Waals surface area contributed by atoms with Crippen molar-refractivity contribution >= 4 is 33.9 Å². The van der Waals surface area contributed by atoms with Crippen molar-refractivity contribution in [3.63, 3.8) is 0 Å². The van der Waals surface area contributed by atoms with Crippen LogP contribution in [0.4, 0.5) is 4.39 Å². The Hall–Kier alpha value is -3.93. The first-order valence-electron chi connectivity index (χ1n) is 13.1.